The first-order valence-electron chi connectivity index (χ1n) is 6.98. The highest BCUT2D eigenvalue weighted by Crippen LogP contribution is 2.10. The summed E-state index contributed by atoms with van der Waals surface area (Å²) in [7, 11) is -2.85. The molecule has 0 saturated carbocycles. The molecule has 116 valence electrons. The lowest BCUT2D eigenvalue weighted by Crippen LogP contribution is -2.45. The van der Waals surface area contributed by atoms with Crippen molar-refractivity contribution in [3.8, 4) is 0 Å². The van der Waals surface area contributed by atoms with Gasteiger partial charge in [-0.05, 0) is 24.6 Å². The SMILES string of the molecule is CN1CCN(CCS(=O)(=O)c2ccc(B(O)O)cc2)CC1. The van der Waals surface area contributed by atoms with Gasteiger partial charge in [-0.2, -0.15) is 0 Å². The Kier molecular flexibility index (Phi) is 5.40. The smallest absolute Gasteiger partial charge is 0.423 e. The second-order valence-corrected chi connectivity index (χ2v) is 7.52. The quantitative estimate of drug-likeness (QED) is 0.637. The zero-order chi connectivity index (χ0) is 15.5. The lowest BCUT2D eigenvalue weighted by Gasteiger charge is -2.32. The molecule has 1 aliphatic rings. The first-order chi connectivity index (χ1) is 9.88. The minimum atomic E-state index is -3.33. The lowest BCUT2D eigenvalue weighted by molar-refractivity contribution is 0.161. The van der Waals surface area contributed by atoms with Crippen molar-refractivity contribution < 1.29 is 18.5 Å². The molecule has 0 unspecified atom stereocenters. The van der Waals surface area contributed by atoms with E-state index in [0.717, 1.165) is 26.2 Å². The fraction of sp³-hybridized carbons (Fsp3) is 0.538. The summed E-state index contributed by atoms with van der Waals surface area (Å²) in [5, 5.41) is 18.0. The maximum atomic E-state index is 12.3. The first kappa shape index (κ1) is 16.4. The highest BCUT2D eigenvalue weighted by Gasteiger charge is 2.20. The number of hydrogen-bond donors (Lipinski definition) is 2. The molecule has 1 aromatic carbocycles. The number of benzene rings is 1. The first-order valence-corrected chi connectivity index (χ1v) is 8.63. The molecule has 2 N–H and O–H groups in total. The number of piperazine rings is 1. The summed E-state index contributed by atoms with van der Waals surface area (Å²) in [5.41, 5.74) is 0.285. The molecule has 0 bridgehead atoms. The van der Waals surface area contributed by atoms with E-state index in [4.69, 9.17) is 10.0 Å². The van der Waals surface area contributed by atoms with Gasteiger partial charge in [0.05, 0.1) is 10.6 Å². The van der Waals surface area contributed by atoms with Crippen LogP contribution in [0.1, 0.15) is 0 Å². The molecule has 0 amide bonds. The van der Waals surface area contributed by atoms with E-state index >= 15 is 0 Å². The third-order valence-corrected chi connectivity index (χ3v) is 5.52. The van der Waals surface area contributed by atoms with Crippen molar-refractivity contribution in [2.24, 2.45) is 0 Å². The molecule has 21 heavy (non-hydrogen) atoms. The molecule has 8 heteroatoms. The summed E-state index contributed by atoms with van der Waals surface area (Å²) in [5.74, 6) is 0.0811. The van der Waals surface area contributed by atoms with E-state index in [1.54, 1.807) is 0 Å². The Morgan fingerprint density at radius 2 is 1.67 bits per heavy atom. The summed E-state index contributed by atoms with van der Waals surface area (Å²) in [6, 6.07) is 5.70. The Balaban J connectivity index is 1.95. The number of sulfone groups is 1. The van der Waals surface area contributed by atoms with Crippen LogP contribution in [-0.2, 0) is 9.84 Å². The maximum absolute atomic E-state index is 12.3. The van der Waals surface area contributed by atoms with Gasteiger partial charge in [-0.15, -0.1) is 0 Å². The van der Waals surface area contributed by atoms with Crippen LogP contribution >= 0.6 is 0 Å². The molecular formula is C13H21BN2O4S. The Hall–Kier alpha value is -0.925. The lowest BCUT2D eigenvalue weighted by atomic mass is 9.81. The van der Waals surface area contributed by atoms with Gasteiger partial charge in [-0.1, -0.05) is 12.1 Å². The molecule has 1 heterocycles. The molecule has 0 aromatic heterocycles. The molecular weight excluding hydrogens is 291 g/mol. The number of rotatable bonds is 5. The van der Waals surface area contributed by atoms with Crippen LogP contribution < -0.4 is 5.46 Å². The van der Waals surface area contributed by atoms with Crippen LogP contribution in [0.25, 0.3) is 0 Å². The summed E-state index contributed by atoms with van der Waals surface area (Å²) >= 11 is 0. The minimum Gasteiger partial charge on any atom is -0.423 e. The molecule has 1 saturated heterocycles. The van der Waals surface area contributed by atoms with Crippen molar-refractivity contribution in [2.75, 3.05) is 45.5 Å². The molecule has 1 aromatic rings. The third-order valence-electron chi connectivity index (χ3n) is 3.81. The molecule has 0 radical (unpaired) electrons. The Morgan fingerprint density at radius 3 is 2.19 bits per heavy atom. The number of likely N-dealkylation sites (N-methyl/N-ethyl adjacent to an activating group) is 1. The van der Waals surface area contributed by atoms with E-state index in [2.05, 4.69) is 16.8 Å². The number of nitrogens with zero attached hydrogens (tertiary/aromatic N) is 2. The fourth-order valence-corrected chi connectivity index (χ4v) is 3.57. The largest absolute Gasteiger partial charge is 0.488 e. The molecule has 0 atom stereocenters. The van der Waals surface area contributed by atoms with Crippen molar-refractivity contribution in [2.45, 2.75) is 4.90 Å². The van der Waals surface area contributed by atoms with Gasteiger partial charge in [-0.3, -0.25) is 4.90 Å². The van der Waals surface area contributed by atoms with Crippen LogP contribution in [0.15, 0.2) is 29.2 Å². The van der Waals surface area contributed by atoms with Gasteiger partial charge in [0.1, 0.15) is 0 Å². The van der Waals surface area contributed by atoms with Crippen molar-refractivity contribution in [3.63, 3.8) is 0 Å². The van der Waals surface area contributed by atoms with Gasteiger partial charge in [0.2, 0.25) is 0 Å². The zero-order valence-corrected chi connectivity index (χ0v) is 13.0. The van der Waals surface area contributed by atoms with E-state index in [1.807, 2.05) is 0 Å². The molecule has 0 aliphatic carbocycles. The molecule has 0 spiro atoms. The van der Waals surface area contributed by atoms with Gasteiger partial charge < -0.3 is 14.9 Å². The van der Waals surface area contributed by atoms with Gasteiger partial charge in [0, 0.05) is 32.7 Å². The van der Waals surface area contributed by atoms with E-state index in [-0.39, 0.29) is 16.1 Å². The average Bonchev–Trinajstić information content (AvgIpc) is 2.47. The normalized spacial score (nSPS) is 17.9. The Bertz CT molecular complexity index is 554. The third kappa shape index (κ3) is 4.52. The van der Waals surface area contributed by atoms with Gasteiger partial charge in [0.25, 0.3) is 0 Å². The molecule has 1 aliphatic heterocycles. The standard InChI is InChI=1S/C13H21BN2O4S/c1-15-6-8-16(9-7-15)10-11-21(19,20)13-4-2-12(3-5-13)14(17)18/h2-5,17-18H,6-11H2,1H3. The van der Waals surface area contributed by atoms with Crippen molar-refractivity contribution >= 4 is 22.4 Å². The number of hydrogen-bond acceptors (Lipinski definition) is 6. The van der Waals surface area contributed by atoms with Crippen molar-refractivity contribution in [3.05, 3.63) is 24.3 Å². The van der Waals surface area contributed by atoms with E-state index < -0.39 is 17.0 Å². The van der Waals surface area contributed by atoms with Gasteiger partial charge >= 0.3 is 7.12 Å². The van der Waals surface area contributed by atoms with Crippen LogP contribution in [0.3, 0.4) is 0 Å². The predicted octanol–water partition coefficient (Wildman–Crippen LogP) is -1.61. The second kappa shape index (κ2) is 6.89. The highest BCUT2D eigenvalue weighted by atomic mass is 32.2. The second-order valence-electron chi connectivity index (χ2n) is 5.41. The van der Waals surface area contributed by atoms with Crippen LogP contribution in [0.5, 0.6) is 0 Å². The van der Waals surface area contributed by atoms with Crippen molar-refractivity contribution in [1.82, 2.24) is 9.80 Å². The van der Waals surface area contributed by atoms with Crippen molar-refractivity contribution in [1.29, 1.82) is 0 Å². The fourth-order valence-electron chi connectivity index (χ4n) is 2.29. The van der Waals surface area contributed by atoms with Crippen LogP contribution in [-0.4, -0.2) is 80.9 Å². The van der Waals surface area contributed by atoms with E-state index in [1.165, 1.54) is 24.3 Å². The van der Waals surface area contributed by atoms with E-state index in [0.29, 0.717) is 6.54 Å². The average molecular weight is 312 g/mol. The monoisotopic (exact) mass is 312 g/mol. The molecule has 1 fully saturated rings. The zero-order valence-electron chi connectivity index (χ0n) is 12.1. The summed E-state index contributed by atoms with van der Waals surface area (Å²) in [6.07, 6.45) is 0. The predicted molar refractivity (Wildman–Crippen MR) is 82.3 cm³/mol. The maximum Gasteiger partial charge on any atom is 0.488 e. The summed E-state index contributed by atoms with van der Waals surface area (Å²) in [4.78, 5) is 4.61. The van der Waals surface area contributed by atoms with Gasteiger partial charge in [-0.25, -0.2) is 8.42 Å². The molecule has 2 rings (SSSR count). The molecule has 6 nitrogen and oxygen atoms in total. The van der Waals surface area contributed by atoms with Crippen LogP contribution in [0.4, 0.5) is 0 Å². The van der Waals surface area contributed by atoms with Crippen LogP contribution in [0.2, 0.25) is 0 Å². The topological polar surface area (TPSA) is 81.1 Å². The highest BCUT2D eigenvalue weighted by molar-refractivity contribution is 7.91. The Morgan fingerprint density at radius 1 is 1.10 bits per heavy atom. The van der Waals surface area contributed by atoms with Crippen LogP contribution in [0, 0.1) is 0 Å². The summed E-state index contributed by atoms with van der Waals surface area (Å²) < 4.78 is 24.5. The van der Waals surface area contributed by atoms with E-state index in [9.17, 15) is 8.42 Å². The Labute approximate surface area is 126 Å². The summed E-state index contributed by atoms with van der Waals surface area (Å²) in [6.45, 7) is 4.23. The van der Waals surface area contributed by atoms with Gasteiger partial charge in [0.15, 0.2) is 9.84 Å². The minimum absolute atomic E-state index is 0.0811.